The van der Waals surface area contributed by atoms with Crippen LogP contribution in [0, 0.1) is 0 Å². The van der Waals surface area contributed by atoms with Crippen molar-refractivity contribution in [2.24, 2.45) is 0 Å². The van der Waals surface area contributed by atoms with Crippen LogP contribution in [0.15, 0.2) is 12.4 Å². The van der Waals surface area contributed by atoms with Gasteiger partial charge in [0.2, 0.25) is 0 Å². The van der Waals surface area contributed by atoms with Gasteiger partial charge in [-0.25, -0.2) is 0 Å². The number of hydrogen-bond donors (Lipinski definition) is 1. The monoisotopic (exact) mass is 249 g/mol. The van der Waals surface area contributed by atoms with E-state index in [1.54, 1.807) is 0 Å². The third kappa shape index (κ3) is 4.77. The van der Waals surface area contributed by atoms with Crippen molar-refractivity contribution < 1.29 is 13.2 Å². The fourth-order valence-electron chi connectivity index (χ4n) is 1.64. The Bertz CT molecular complexity index is 333. The SMILES string of the molecule is CCNC(C)CCCn1cc(C(F)(F)F)cn1. The predicted molar refractivity (Wildman–Crippen MR) is 59.6 cm³/mol. The van der Waals surface area contributed by atoms with E-state index in [1.165, 1.54) is 4.68 Å². The lowest BCUT2D eigenvalue weighted by Crippen LogP contribution is -2.25. The van der Waals surface area contributed by atoms with Crippen molar-refractivity contribution in [2.75, 3.05) is 6.54 Å². The summed E-state index contributed by atoms with van der Waals surface area (Å²) in [5, 5.41) is 6.95. The highest BCUT2D eigenvalue weighted by molar-refractivity contribution is 5.08. The fraction of sp³-hybridized carbons (Fsp3) is 0.727. The molecule has 0 radical (unpaired) electrons. The Morgan fingerprint density at radius 2 is 2.18 bits per heavy atom. The zero-order chi connectivity index (χ0) is 12.9. The van der Waals surface area contributed by atoms with Crippen LogP contribution in [-0.2, 0) is 12.7 Å². The predicted octanol–water partition coefficient (Wildman–Crippen LogP) is 2.68. The molecule has 0 aromatic carbocycles. The zero-order valence-electron chi connectivity index (χ0n) is 10.1. The summed E-state index contributed by atoms with van der Waals surface area (Å²) in [7, 11) is 0. The number of hydrogen-bond acceptors (Lipinski definition) is 2. The first kappa shape index (κ1) is 14.0. The van der Waals surface area contributed by atoms with Gasteiger partial charge in [-0.3, -0.25) is 4.68 Å². The Balaban J connectivity index is 2.35. The standard InChI is InChI=1S/C11H18F3N3/c1-3-15-9(2)5-4-6-17-8-10(7-16-17)11(12,13)14/h7-9,15H,3-6H2,1-2H3. The molecular weight excluding hydrogens is 231 g/mol. The summed E-state index contributed by atoms with van der Waals surface area (Å²) < 4.78 is 38.2. The smallest absolute Gasteiger partial charge is 0.315 e. The Labute approximate surface area is 99.0 Å². The van der Waals surface area contributed by atoms with Gasteiger partial charge in [0.15, 0.2) is 0 Å². The molecule has 0 saturated heterocycles. The lowest BCUT2D eigenvalue weighted by atomic mass is 10.2. The molecule has 0 aliphatic heterocycles. The maximum absolute atomic E-state index is 12.3. The minimum absolute atomic E-state index is 0.387. The summed E-state index contributed by atoms with van der Waals surface area (Å²) in [5.41, 5.74) is -0.683. The first-order valence-electron chi connectivity index (χ1n) is 5.76. The molecule has 1 unspecified atom stereocenters. The van der Waals surface area contributed by atoms with E-state index in [-0.39, 0.29) is 0 Å². The van der Waals surface area contributed by atoms with Crippen LogP contribution >= 0.6 is 0 Å². The molecule has 1 N–H and O–H groups in total. The van der Waals surface area contributed by atoms with Crippen molar-refractivity contribution in [3.8, 4) is 0 Å². The van der Waals surface area contributed by atoms with Crippen LogP contribution in [0.1, 0.15) is 32.3 Å². The second-order valence-corrected chi connectivity index (χ2v) is 4.09. The fourth-order valence-corrected chi connectivity index (χ4v) is 1.64. The minimum Gasteiger partial charge on any atom is -0.315 e. The second-order valence-electron chi connectivity index (χ2n) is 4.09. The molecule has 1 aromatic rings. The van der Waals surface area contributed by atoms with E-state index in [1.807, 2.05) is 6.92 Å². The summed E-state index contributed by atoms with van der Waals surface area (Å²) >= 11 is 0. The number of nitrogens with one attached hydrogen (secondary N) is 1. The van der Waals surface area contributed by atoms with Crippen LogP contribution in [0.25, 0.3) is 0 Å². The van der Waals surface area contributed by atoms with Gasteiger partial charge in [-0.1, -0.05) is 6.92 Å². The van der Waals surface area contributed by atoms with Gasteiger partial charge in [0.1, 0.15) is 0 Å². The van der Waals surface area contributed by atoms with Gasteiger partial charge in [-0.05, 0) is 26.3 Å². The van der Waals surface area contributed by atoms with E-state index < -0.39 is 11.7 Å². The molecule has 6 heteroatoms. The van der Waals surface area contributed by atoms with Crippen LogP contribution in [0.3, 0.4) is 0 Å². The summed E-state index contributed by atoms with van der Waals surface area (Å²) in [6.45, 7) is 5.51. The van der Waals surface area contributed by atoms with Crippen LogP contribution in [-0.4, -0.2) is 22.4 Å². The summed E-state index contributed by atoms with van der Waals surface area (Å²) in [4.78, 5) is 0. The molecule has 0 amide bonds. The molecule has 98 valence electrons. The van der Waals surface area contributed by atoms with E-state index in [0.29, 0.717) is 12.6 Å². The van der Waals surface area contributed by atoms with E-state index in [2.05, 4.69) is 17.3 Å². The highest BCUT2D eigenvalue weighted by atomic mass is 19.4. The van der Waals surface area contributed by atoms with Crippen molar-refractivity contribution in [1.82, 2.24) is 15.1 Å². The second kappa shape index (κ2) is 6.05. The molecule has 17 heavy (non-hydrogen) atoms. The molecule has 0 aliphatic carbocycles. The van der Waals surface area contributed by atoms with Gasteiger partial charge >= 0.3 is 6.18 Å². The average Bonchev–Trinajstić information content (AvgIpc) is 2.66. The van der Waals surface area contributed by atoms with Crippen molar-refractivity contribution in [2.45, 2.75) is 45.5 Å². The molecule has 0 aliphatic rings. The molecule has 0 fully saturated rings. The normalized spacial score (nSPS) is 13.9. The first-order chi connectivity index (χ1) is 7.93. The topological polar surface area (TPSA) is 29.9 Å². The largest absolute Gasteiger partial charge is 0.419 e. The lowest BCUT2D eigenvalue weighted by molar-refractivity contribution is -0.137. The molecule has 0 saturated carbocycles. The van der Waals surface area contributed by atoms with Gasteiger partial charge in [-0.2, -0.15) is 18.3 Å². The first-order valence-corrected chi connectivity index (χ1v) is 5.76. The number of nitrogens with zero attached hydrogens (tertiary/aromatic N) is 2. The van der Waals surface area contributed by atoms with E-state index in [0.717, 1.165) is 31.8 Å². The lowest BCUT2D eigenvalue weighted by Gasteiger charge is -2.11. The quantitative estimate of drug-likeness (QED) is 0.840. The van der Waals surface area contributed by atoms with Gasteiger partial charge < -0.3 is 5.32 Å². The summed E-state index contributed by atoms with van der Waals surface area (Å²) in [6, 6.07) is 0.387. The Morgan fingerprint density at radius 3 is 2.71 bits per heavy atom. The van der Waals surface area contributed by atoms with Crippen molar-refractivity contribution in [3.63, 3.8) is 0 Å². The molecule has 0 bridgehead atoms. The average molecular weight is 249 g/mol. The highest BCUT2D eigenvalue weighted by Gasteiger charge is 2.32. The number of aryl methyl sites for hydroxylation is 1. The van der Waals surface area contributed by atoms with Gasteiger partial charge in [0, 0.05) is 18.8 Å². The number of halogens is 3. The number of alkyl halides is 3. The third-order valence-electron chi connectivity index (χ3n) is 2.54. The molecule has 1 atom stereocenters. The van der Waals surface area contributed by atoms with Gasteiger partial charge in [0.05, 0.1) is 11.8 Å². The van der Waals surface area contributed by atoms with Crippen molar-refractivity contribution >= 4 is 0 Å². The number of aromatic nitrogens is 2. The van der Waals surface area contributed by atoms with E-state index in [4.69, 9.17) is 0 Å². The number of rotatable bonds is 6. The molecule has 0 spiro atoms. The zero-order valence-corrected chi connectivity index (χ0v) is 10.1. The third-order valence-corrected chi connectivity index (χ3v) is 2.54. The molecule has 1 heterocycles. The van der Waals surface area contributed by atoms with Crippen molar-refractivity contribution in [3.05, 3.63) is 18.0 Å². The Hall–Kier alpha value is -1.04. The Kier molecular flexibility index (Phi) is 4.99. The molecule has 1 aromatic heterocycles. The van der Waals surface area contributed by atoms with Crippen LogP contribution in [0.5, 0.6) is 0 Å². The van der Waals surface area contributed by atoms with Crippen LogP contribution in [0.4, 0.5) is 13.2 Å². The van der Waals surface area contributed by atoms with E-state index in [9.17, 15) is 13.2 Å². The van der Waals surface area contributed by atoms with E-state index >= 15 is 0 Å². The Morgan fingerprint density at radius 1 is 1.47 bits per heavy atom. The van der Waals surface area contributed by atoms with Gasteiger partial charge in [0.25, 0.3) is 0 Å². The molecular formula is C11H18F3N3. The molecule has 1 rings (SSSR count). The van der Waals surface area contributed by atoms with Crippen molar-refractivity contribution in [1.29, 1.82) is 0 Å². The highest BCUT2D eigenvalue weighted by Crippen LogP contribution is 2.28. The molecule has 3 nitrogen and oxygen atoms in total. The maximum Gasteiger partial charge on any atom is 0.419 e. The summed E-state index contributed by atoms with van der Waals surface area (Å²) in [5.74, 6) is 0. The minimum atomic E-state index is -4.30. The summed E-state index contributed by atoms with van der Waals surface area (Å²) in [6.07, 6.45) is -0.636. The van der Waals surface area contributed by atoms with Crippen LogP contribution < -0.4 is 5.32 Å². The van der Waals surface area contributed by atoms with Crippen LogP contribution in [0.2, 0.25) is 0 Å². The van der Waals surface area contributed by atoms with Gasteiger partial charge in [-0.15, -0.1) is 0 Å². The maximum atomic E-state index is 12.3.